The van der Waals surface area contributed by atoms with Gasteiger partial charge in [0.2, 0.25) is 0 Å². The highest BCUT2D eigenvalue weighted by molar-refractivity contribution is 6.26. The maximum atomic E-state index is 12.8. The first-order valence-electron chi connectivity index (χ1n) is 7.54. The highest BCUT2D eigenvalue weighted by atomic mass is 16.2. The second kappa shape index (κ2) is 5.38. The summed E-state index contributed by atoms with van der Waals surface area (Å²) < 4.78 is 0. The van der Waals surface area contributed by atoms with E-state index in [0.29, 0.717) is 27.7 Å². The second-order valence-electron chi connectivity index (χ2n) is 5.54. The van der Waals surface area contributed by atoms with Crippen LogP contribution in [0.15, 0.2) is 59.7 Å². The molecule has 5 nitrogen and oxygen atoms in total. The van der Waals surface area contributed by atoms with Gasteiger partial charge in [0.05, 0.1) is 28.6 Å². The van der Waals surface area contributed by atoms with Gasteiger partial charge in [0.1, 0.15) is 0 Å². The number of para-hydroxylation sites is 1. The third kappa shape index (κ3) is 2.10. The quantitative estimate of drug-likeness (QED) is 0.539. The zero-order valence-electron chi connectivity index (χ0n) is 12.9. The molecule has 4 rings (SSSR count). The molecule has 0 aliphatic carbocycles. The molecular formula is C19H13N3O2. The lowest BCUT2D eigenvalue weighted by atomic mass is 10.0. The highest BCUT2D eigenvalue weighted by Gasteiger charge is 2.39. The van der Waals surface area contributed by atoms with Gasteiger partial charge < -0.3 is 0 Å². The average Bonchev–Trinajstić information content (AvgIpc) is 2.86. The van der Waals surface area contributed by atoms with Crippen molar-refractivity contribution in [2.24, 2.45) is 5.10 Å². The Kier molecular flexibility index (Phi) is 3.20. The lowest BCUT2D eigenvalue weighted by molar-refractivity contribution is 0.0660. The number of amides is 2. The summed E-state index contributed by atoms with van der Waals surface area (Å²) in [7, 11) is 0. The normalized spacial score (nSPS) is 14.0. The second-order valence-corrected chi connectivity index (χ2v) is 5.54. The van der Waals surface area contributed by atoms with Crippen molar-refractivity contribution in [3.05, 3.63) is 77.0 Å². The first-order chi connectivity index (χ1) is 11.7. The number of hydrazone groups is 1. The number of pyridine rings is 1. The van der Waals surface area contributed by atoms with Gasteiger partial charge in [0.15, 0.2) is 0 Å². The molecule has 1 aliphatic heterocycles. The number of nitrogens with zero attached hydrogens (tertiary/aromatic N) is 3. The Morgan fingerprint density at radius 1 is 0.917 bits per heavy atom. The minimum atomic E-state index is -0.432. The molecule has 0 radical (unpaired) electrons. The first-order valence-corrected chi connectivity index (χ1v) is 7.54. The molecule has 0 spiro atoms. The molecule has 24 heavy (non-hydrogen) atoms. The number of carbonyl (C=O) groups excluding carboxylic acids is 2. The topological polar surface area (TPSA) is 62.6 Å². The van der Waals surface area contributed by atoms with Crippen molar-refractivity contribution in [3.63, 3.8) is 0 Å². The third-order valence-corrected chi connectivity index (χ3v) is 4.01. The van der Waals surface area contributed by atoms with Gasteiger partial charge in [-0.3, -0.25) is 14.6 Å². The van der Waals surface area contributed by atoms with Crippen molar-refractivity contribution in [1.82, 2.24) is 9.99 Å². The van der Waals surface area contributed by atoms with Gasteiger partial charge in [-0.1, -0.05) is 48.5 Å². The maximum Gasteiger partial charge on any atom is 0.284 e. The van der Waals surface area contributed by atoms with Gasteiger partial charge in [-0.05, 0) is 18.6 Å². The van der Waals surface area contributed by atoms with Crippen LogP contribution >= 0.6 is 0 Å². The van der Waals surface area contributed by atoms with E-state index in [4.69, 9.17) is 0 Å². The summed E-state index contributed by atoms with van der Waals surface area (Å²) in [6.45, 7) is 1.74. The Hall–Kier alpha value is -3.34. The smallest absolute Gasteiger partial charge is 0.267 e. The van der Waals surface area contributed by atoms with Crippen LogP contribution in [0.5, 0.6) is 0 Å². The Morgan fingerprint density at radius 3 is 2.38 bits per heavy atom. The summed E-state index contributed by atoms with van der Waals surface area (Å²) in [6, 6.07) is 16.6. The van der Waals surface area contributed by atoms with E-state index in [0.717, 1.165) is 10.6 Å². The predicted molar refractivity (Wildman–Crippen MR) is 91.0 cm³/mol. The van der Waals surface area contributed by atoms with Crippen LogP contribution in [0.25, 0.3) is 10.9 Å². The molecule has 2 heterocycles. The predicted octanol–water partition coefficient (Wildman–Crippen LogP) is 3.17. The Labute approximate surface area is 138 Å². The van der Waals surface area contributed by atoms with Crippen LogP contribution in [0.2, 0.25) is 0 Å². The fourth-order valence-corrected chi connectivity index (χ4v) is 2.89. The molecule has 2 aromatic carbocycles. The SMILES string of the molecule is Cc1nc2ccccc2c2c1C(=O)N(/N=C/c1ccccc1)C2=O. The van der Waals surface area contributed by atoms with Gasteiger partial charge in [0, 0.05) is 5.39 Å². The van der Waals surface area contributed by atoms with Gasteiger partial charge in [-0.15, -0.1) is 0 Å². The van der Waals surface area contributed by atoms with Gasteiger partial charge in [-0.25, -0.2) is 0 Å². The number of rotatable bonds is 2. The number of benzene rings is 2. The fraction of sp³-hybridized carbons (Fsp3) is 0.0526. The molecule has 2 amide bonds. The van der Waals surface area contributed by atoms with E-state index in [1.165, 1.54) is 6.21 Å². The zero-order chi connectivity index (χ0) is 16.7. The van der Waals surface area contributed by atoms with Crippen molar-refractivity contribution < 1.29 is 9.59 Å². The number of aryl methyl sites for hydroxylation is 1. The Balaban J connectivity index is 1.82. The summed E-state index contributed by atoms with van der Waals surface area (Å²) in [5.41, 5.74) is 2.77. The van der Waals surface area contributed by atoms with Crippen LogP contribution in [-0.2, 0) is 0 Å². The lowest BCUT2D eigenvalue weighted by Crippen LogP contribution is -2.24. The van der Waals surface area contributed by atoms with Crippen LogP contribution in [0, 0.1) is 6.92 Å². The van der Waals surface area contributed by atoms with Crippen molar-refractivity contribution in [2.75, 3.05) is 0 Å². The highest BCUT2D eigenvalue weighted by Crippen LogP contribution is 2.31. The molecule has 0 N–H and O–H groups in total. The molecule has 5 heteroatoms. The summed E-state index contributed by atoms with van der Waals surface area (Å²) in [5.74, 6) is -0.846. The molecule has 0 atom stereocenters. The number of hydrogen-bond acceptors (Lipinski definition) is 4. The molecule has 0 saturated heterocycles. The van der Waals surface area contributed by atoms with E-state index in [-0.39, 0.29) is 0 Å². The fourth-order valence-electron chi connectivity index (χ4n) is 2.89. The monoisotopic (exact) mass is 315 g/mol. The molecule has 0 saturated carbocycles. The van der Waals surface area contributed by atoms with Crippen molar-refractivity contribution in [3.8, 4) is 0 Å². The van der Waals surface area contributed by atoms with Crippen molar-refractivity contribution >= 4 is 28.9 Å². The van der Waals surface area contributed by atoms with E-state index in [2.05, 4.69) is 10.1 Å². The van der Waals surface area contributed by atoms with Crippen LogP contribution in [-0.4, -0.2) is 28.0 Å². The zero-order valence-corrected chi connectivity index (χ0v) is 12.9. The number of imide groups is 1. The summed E-state index contributed by atoms with van der Waals surface area (Å²) in [5, 5.41) is 5.69. The standard InChI is InChI=1S/C19H13N3O2/c1-12-16-17(14-9-5-6-10-15(14)21-12)19(24)22(18(16)23)20-11-13-7-3-2-4-8-13/h2-11H,1H3/b20-11+. The summed E-state index contributed by atoms with van der Waals surface area (Å²) in [6.07, 6.45) is 1.51. The van der Waals surface area contributed by atoms with Crippen molar-refractivity contribution in [2.45, 2.75) is 6.92 Å². The van der Waals surface area contributed by atoms with Gasteiger partial charge >= 0.3 is 0 Å². The number of fused-ring (bicyclic) bond motifs is 3. The van der Waals surface area contributed by atoms with Gasteiger partial charge in [-0.2, -0.15) is 10.1 Å². The molecule has 0 fully saturated rings. The summed E-state index contributed by atoms with van der Waals surface area (Å²) in [4.78, 5) is 29.8. The third-order valence-electron chi connectivity index (χ3n) is 4.01. The van der Waals surface area contributed by atoms with E-state index >= 15 is 0 Å². The van der Waals surface area contributed by atoms with E-state index in [9.17, 15) is 9.59 Å². The van der Waals surface area contributed by atoms with Crippen LogP contribution in [0.1, 0.15) is 32.0 Å². The first kappa shape index (κ1) is 14.3. The van der Waals surface area contributed by atoms with Crippen LogP contribution < -0.4 is 0 Å². The Morgan fingerprint density at radius 2 is 1.58 bits per heavy atom. The summed E-state index contributed by atoms with van der Waals surface area (Å²) >= 11 is 0. The molecular weight excluding hydrogens is 302 g/mol. The maximum absolute atomic E-state index is 12.8. The van der Waals surface area contributed by atoms with Crippen LogP contribution in [0.4, 0.5) is 0 Å². The minimum Gasteiger partial charge on any atom is -0.267 e. The average molecular weight is 315 g/mol. The molecule has 0 unspecified atom stereocenters. The Bertz CT molecular complexity index is 1010. The van der Waals surface area contributed by atoms with Crippen molar-refractivity contribution in [1.29, 1.82) is 0 Å². The molecule has 3 aromatic rings. The lowest BCUT2D eigenvalue weighted by Gasteiger charge is -2.05. The number of hydrogen-bond donors (Lipinski definition) is 0. The molecule has 1 aromatic heterocycles. The number of carbonyl (C=O) groups is 2. The molecule has 0 bridgehead atoms. The van der Waals surface area contributed by atoms with E-state index in [1.807, 2.05) is 48.5 Å². The number of aromatic nitrogens is 1. The van der Waals surface area contributed by atoms with E-state index < -0.39 is 11.8 Å². The van der Waals surface area contributed by atoms with Gasteiger partial charge in [0.25, 0.3) is 11.8 Å². The molecule has 116 valence electrons. The van der Waals surface area contributed by atoms with Crippen LogP contribution in [0.3, 0.4) is 0 Å². The molecule has 1 aliphatic rings. The van der Waals surface area contributed by atoms with E-state index in [1.54, 1.807) is 13.0 Å². The largest absolute Gasteiger partial charge is 0.284 e. The minimum absolute atomic E-state index is 0.337.